The molecule has 104 valence electrons. The van der Waals surface area contributed by atoms with E-state index in [1.54, 1.807) is 0 Å². The molecule has 2 saturated heterocycles. The Kier molecular flexibility index (Phi) is 3.26. The highest BCUT2D eigenvalue weighted by molar-refractivity contribution is 5.71. The molecule has 0 N–H and O–H groups in total. The Morgan fingerprint density at radius 3 is 2.74 bits per heavy atom. The van der Waals surface area contributed by atoms with Gasteiger partial charge in [-0.3, -0.25) is 4.79 Å². The lowest BCUT2D eigenvalue weighted by molar-refractivity contribution is -0.140. The number of carbonyl (C=O) groups is 1. The van der Waals surface area contributed by atoms with Crippen LogP contribution in [0.3, 0.4) is 0 Å². The van der Waals surface area contributed by atoms with Gasteiger partial charge in [0.15, 0.2) is 5.82 Å². The summed E-state index contributed by atoms with van der Waals surface area (Å²) in [5.74, 6) is 1.12. The number of fused-ring (bicyclic) bond motifs is 2. The minimum atomic E-state index is -0.348. The summed E-state index contributed by atoms with van der Waals surface area (Å²) in [5, 5.41) is 4.04. The Hall–Kier alpha value is -1.43. The van der Waals surface area contributed by atoms with Crippen LogP contribution < -0.4 is 0 Å². The predicted molar refractivity (Wildman–Crippen MR) is 66.6 cm³/mol. The van der Waals surface area contributed by atoms with Gasteiger partial charge in [0.05, 0.1) is 7.11 Å². The van der Waals surface area contributed by atoms with Crippen LogP contribution in [0.2, 0.25) is 0 Å². The van der Waals surface area contributed by atoms with Crippen molar-refractivity contribution in [3.05, 3.63) is 11.7 Å². The molecule has 19 heavy (non-hydrogen) atoms. The van der Waals surface area contributed by atoms with Gasteiger partial charge in [-0.15, -0.1) is 0 Å². The van der Waals surface area contributed by atoms with E-state index in [1.165, 1.54) is 20.0 Å². The largest absolute Gasteiger partial charge is 0.469 e. The number of hydrogen-bond acceptors (Lipinski definition) is 6. The first-order valence-electron chi connectivity index (χ1n) is 6.78. The van der Waals surface area contributed by atoms with Gasteiger partial charge >= 0.3 is 5.97 Å². The first kappa shape index (κ1) is 12.6. The molecular weight excluding hydrogens is 246 g/mol. The van der Waals surface area contributed by atoms with Crippen LogP contribution in [0.4, 0.5) is 0 Å². The lowest BCUT2D eigenvalue weighted by Gasteiger charge is -2.34. The first-order chi connectivity index (χ1) is 9.17. The van der Waals surface area contributed by atoms with Gasteiger partial charge in [-0.2, -0.15) is 4.98 Å². The summed E-state index contributed by atoms with van der Waals surface area (Å²) in [5.41, 5.74) is 0. The summed E-state index contributed by atoms with van der Waals surface area (Å²) in [6, 6.07) is 1.29. The molecule has 2 fully saturated rings. The Bertz CT molecular complexity index is 459. The Morgan fingerprint density at radius 1 is 1.42 bits per heavy atom. The van der Waals surface area contributed by atoms with Crippen molar-refractivity contribution in [2.45, 2.75) is 50.1 Å². The van der Waals surface area contributed by atoms with Crippen LogP contribution in [0.5, 0.6) is 0 Å². The summed E-state index contributed by atoms with van der Waals surface area (Å²) >= 11 is 0. The molecule has 2 bridgehead atoms. The maximum absolute atomic E-state index is 11.2. The monoisotopic (exact) mass is 265 g/mol. The number of ether oxygens (including phenoxy) is 1. The maximum atomic E-state index is 11.2. The van der Waals surface area contributed by atoms with Crippen molar-refractivity contribution in [1.82, 2.24) is 15.0 Å². The number of piperidine rings is 1. The highest BCUT2D eigenvalue weighted by Crippen LogP contribution is 2.41. The number of aromatic nitrogens is 2. The average Bonchev–Trinajstić information content (AvgIpc) is 2.92. The second-order valence-electron chi connectivity index (χ2n) is 5.52. The average molecular weight is 265 g/mol. The molecule has 0 amide bonds. The summed E-state index contributed by atoms with van der Waals surface area (Å²) < 4.78 is 9.73. The van der Waals surface area contributed by atoms with Crippen molar-refractivity contribution >= 4 is 5.97 Å². The van der Waals surface area contributed by atoms with Crippen LogP contribution in [0.15, 0.2) is 4.52 Å². The number of methoxy groups -OCH3 is 1. The predicted octanol–water partition coefficient (Wildman–Crippen LogP) is 1.13. The standard InChI is InChI=1S/C13H19N3O3/c1-16-9-3-4-10(16)6-8(5-9)13-14-11(19-15-13)7-12(17)18-2/h8-10H,3-7H2,1-2H3. The smallest absolute Gasteiger partial charge is 0.315 e. The molecule has 6 nitrogen and oxygen atoms in total. The molecule has 2 aliphatic rings. The summed E-state index contributed by atoms with van der Waals surface area (Å²) in [6.45, 7) is 0. The fourth-order valence-electron chi connectivity index (χ4n) is 3.32. The Labute approximate surface area is 112 Å². The van der Waals surface area contributed by atoms with Crippen LogP contribution in [0.1, 0.15) is 43.3 Å². The third-order valence-electron chi connectivity index (χ3n) is 4.47. The van der Waals surface area contributed by atoms with E-state index in [-0.39, 0.29) is 12.4 Å². The van der Waals surface area contributed by atoms with Crippen molar-refractivity contribution in [3.63, 3.8) is 0 Å². The van der Waals surface area contributed by atoms with Crippen molar-refractivity contribution in [2.75, 3.05) is 14.2 Å². The van der Waals surface area contributed by atoms with Gasteiger partial charge in [-0.1, -0.05) is 5.16 Å². The van der Waals surface area contributed by atoms with Crippen LogP contribution >= 0.6 is 0 Å². The van der Waals surface area contributed by atoms with Gasteiger partial charge < -0.3 is 14.2 Å². The van der Waals surface area contributed by atoms with E-state index < -0.39 is 0 Å². The zero-order valence-corrected chi connectivity index (χ0v) is 11.3. The van der Waals surface area contributed by atoms with Gasteiger partial charge in [0.25, 0.3) is 0 Å². The number of rotatable bonds is 3. The minimum absolute atomic E-state index is 0.0585. The van der Waals surface area contributed by atoms with E-state index in [0.29, 0.717) is 23.9 Å². The molecule has 2 atom stereocenters. The summed E-state index contributed by atoms with van der Waals surface area (Å²) in [6.07, 6.45) is 4.77. The highest BCUT2D eigenvalue weighted by atomic mass is 16.5. The Balaban J connectivity index is 1.68. The van der Waals surface area contributed by atoms with Crippen LogP contribution in [-0.2, 0) is 16.0 Å². The van der Waals surface area contributed by atoms with Crippen LogP contribution in [-0.4, -0.2) is 47.3 Å². The second-order valence-corrected chi connectivity index (χ2v) is 5.52. The molecule has 3 heterocycles. The van der Waals surface area contributed by atoms with Crippen LogP contribution in [0, 0.1) is 0 Å². The molecule has 3 rings (SSSR count). The molecule has 1 aromatic rings. The number of esters is 1. The van der Waals surface area contributed by atoms with E-state index in [2.05, 4.69) is 26.8 Å². The molecule has 1 aromatic heterocycles. The topological polar surface area (TPSA) is 68.5 Å². The van der Waals surface area contributed by atoms with Gasteiger partial charge in [-0.05, 0) is 32.7 Å². The van der Waals surface area contributed by atoms with Gasteiger partial charge in [0.2, 0.25) is 5.89 Å². The van der Waals surface area contributed by atoms with Crippen molar-refractivity contribution in [1.29, 1.82) is 0 Å². The summed E-state index contributed by atoms with van der Waals surface area (Å²) in [7, 11) is 3.56. The Morgan fingerprint density at radius 2 is 2.11 bits per heavy atom. The molecule has 0 aromatic carbocycles. The maximum Gasteiger partial charge on any atom is 0.315 e. The SMILES string of the molecule is COC(=O)Cc1nc(C2CC3CCC(C2)N3C)no1. The van der Waals surface area contributed by atoms with Gasteiger partial charge in [-0.25, -0.2) is 0 Å². The third-order valence-corrected chi connectivity index (χ3v) is 4.47. The van der Waals surface area contributed by atoms with Gasteiger partial charge in [0, 0.05) is 18.0 Å². The van der Waals surface area contributed by atoms with E-state index in [4.69, 9.17) is 4.52 Å². The lowest BCUT2D eigenvalue weighted by Crippen LogP contribution is -2.39. The zero-order chi connectivity index (χ0) is 13.4. The molecule has 0 spiro atoms. The number of carbonyl (C=O) groups excluding carboxylic acids is 1. The molecule has 0 saturated carbocycles. The van der Waals surface area contributed by atoms with Gasteiger partial charge in [0.1, 0.15) is 6.42 Å². The highest BCUT2D eigenvalue weighted by Gasteiger charge is 2.40. The minimum Gasteiger partial charge on any atom is -0.469 e. The second kappa shape index (κ2) is 4.92. The fraction of sp³-hybridized carbons (Fsp3) is 0.769. The molecule has 0 radical (unpaired) electrons. The van der Waals surface area contributed by atoms with E-state index >= 15 is 0 Å². The fourth-order valence-corrected chi connectivity index (χ4v) is 3.32. The molecule has 0 aliphatic carbocycles. The normalized spacial score (nSPS) is 30.5. The van der Waals surface area contributed by atoms with Crippen LogP contribution in [0.25, 0.3) is 0 Å². The molecule has 6 heteroatoms. The molecule has 2 unspecified atom stereocenters. The zero-order valence-electron chi connectivity index (χ0n) is 11.3. The lowest BCUT2D eigenvalue weighted by atomic mass is 9.90. The molecular formula is C13H19N3O3. The van der Waals surface area contributed by atoms with E-state index in [9.17, 15) is 4.79 Å². The quantitative estimate of drug-likeness (QED) is 0.763. The van der Waals surface area contributed by atoms with Crippen molar-refractivity contribution < 1.29 is 14.1 Å². The van der Waals surface area contributed by atoms with E-state index in [0.717, 1.165) is 18.7 Å². The van der Waals surface area contributed by atoms with E-state index in [1.807, 2.05) is 0 Å². The first-order valence-corrected chi connectivity index (χ1v) is 6.78. The van der Waals surface area contributed by atoms with Crippen molar-refractivity contribution in [3.8, 4) is 0 Å². The number of hydrogen-bond donors (Lipinski definition) is 0. The number of nitrogens with zero attached hydrogens (tertiary/aromatic N) is 3. The third kappa shape index (κ3) is 2.36. The molecule has 2 aliphatic heterocycles. The summed E-state index contributed by atoms with van der Waals surface area (Å²) in [4.78, 5) is 18.0. The van der Waals surface area contributed by atoms with Crippen molar-refractivity contribution in [2.24, 2.45) is 0 Å².